The topological polar surface area (TPSA) is 89.8 Å². The van der Waals surface area contributed by atoms with Crippen LogP contribution in [0.4, 0.5) is 5.69 Å². The highest BCUT2D eigenvalue weighted by molar-refractivity contribution is 5.92. The number of aromatic nitrogens is 2. The fourth-order valence-electron chi connectivity index (χ4n) is 1.72. The molecule has 0 aliphatic carbocycles. The van der Waals surface area contributed by atoms with Gasteiger partial charge in [0.1, 0.15) is 0 Å². The average Bonchev–Trinajstić information content (AvgIpc) is 2.84. The van der Waals surface area contributed by atoms with Crippen LogP contribution in [-0.4, -0.2) is 28.7 Å². The van der Waals surface area contributed by atoms with Crippen molar-refractivity contribution in [1.82, 2.24) is 15.5 Å². The summed E-state index contributed by atoms with van der Waals surface area (Å²) in [4.78, 5) is 22.7. The van der Waals surface area contributed by atoms with Gasteiger partial charge in [-0.05, 0) is 17.7 Å². The predicted octanol–water partition coefficient (Wildman–Crippen LogP) is 1.31. The Kier molecular flexibility index (Phi) is 4.37. The number of hydrogen-bond donors (Lipinski definition) is 4. The zero-order valence-corrected chi connectivity index (χ0v) is 11.5. The van der Waals surface area contributed by atoms with Crippen LogP contribution in [0.1, 0.15) is 13.8 Å². The lowest BCUT2D eigenvalue weighted by Crippen LogP contribution is -2.32. The molecule has 0 aliphatic rings. The molecule has 6 heteroatoms. The number of benzene rings is 1. The Balaban J connectivity index is 1.98. The normalized spacial score (nSPS) is 10.8. The van der Waals surface area contributed by atoms with E-state index in [9.17, 15) is 9.59 Å². The van der Waals surface area contributed by atoms with E-state index >= 15 is 0 Å². The van der Waals surface area contributed by atoms with Gasteiger partial charge in [-0.3, -0.25) is 19.8 Å². The van der Waals surface area contributed by atoms with Gasteiger partial charge in [0.15, 0.2) is 0 Å². The first-order chi connectivity index (χ1) is 9.54. The van der Waals surface area contributed by atoms with Crippen LogP contribution in [0.3, 0.4) is 0 Å². The van der Waals surface area contributed by atoms with Gasteiger partial charge in [-0.25, -0.2) is 0 Å². The van der Waals surface area contributed by atoms with Crippen LogP contribution in [0, 0.1) is 0 Å². The van der Waals surface area contributed by atoms with Gasteiger partial charge in [0.05, 0.1) is 12.2 Å². The molecule has 0 fully saturated rings. The summed E-state index contributed by atoms with van der Waals surface area (Å²) in [6, 6.07) is 9.03. The lowest BCUT2D eigenvalue weighted by Gasteiger charge is -2.09. The van der Waals surface area contributed by atoms with Crippen LogP contribution in [0.25, 0.3) is 11.3 Å². The summed E-state index contributed by atoms with van der Waals surface area (Å²) in [7, 11) is 0. The number of rotatable bonds is 5. The van der Waals surface area contributed by atoms with Crippen molar-refractivity contribution in [1.29, 1.82) is 0 Å². The first-order valence-electron chi connectivity index (χ1n) is 6.46. The van der Waals surface area contributed by atoms with Crippen molar-refractivity contribution in [3.05, 3.63) is 40.7 Å². The van der Waals surface area contributed by atoms with E-state index in [1.54, 1.807) is 12.1 Å². The summed E-state index contributed by atoms with van der Waals surface area (Å²) in [5.41, 5.74) is 2.15. The third-order valence-electron chi connectivity index (χ3n) is 2.75. The average molecular weight is 274 g/mol. The molecule has 0 aliphatic heterocycles. The highest BCUT2D eigenvalue weighted by Crippen LogP contribution is 2.17. The molecule has 0 saturated carbocycles. The lowest BCUT2D eigenvalue weighted by atomic mass is 10.1. The number of carbonyl (C=O) groups excluding carboxylic acids is 1. The van der Waals surface area contributed by atoms with Gasteiger partial charge in [-0.15, -0.1) is 0 Å². The molecular weight excluding hydrogens is 256 g/mol. The van der Waals surface area contributed by atoms with Gasteiger partial charge in [0, 0.05) is 17.8 Å². The number of carbonyl (C=O) groups is 1. The van der Waals surface area contributed by atoms with Crippen molar-refractivity contribution in [2.24, 2.45) is 0 Å². The highest BCUT2D eigenvalue weighted by atomic mass is 16.2. The SMILES string of the molecule is CC(C)NCC(=O)Nc1ccc(-c2cc(=O)[nH][nH]2)cc1. The van der Waals surface area contributed by atoms with E-state index in [-0.39, 0.29) is 24.1 Å². The number of amides is 1. The van der Waals surface area contributed by atoms with Crippen molar-refractivity contribution in [2.45, 2.75) is 19.9 Å². The molecule has 0 radical (unpaired) electrons. The predicted molar refractivity (Wildman–Crippen MR) is 78.6 cm³/mol. The van der Waals surface area contributed by atoms with Gasteiger partial charge in [0.25, 0.3) is 5.56 Å². The van der Waals surface area contributed by atoms with Crippen LogP contribution < -0.4 is 16.2 Å². The standard InChI is InChI=1S/C14H18N4O2/c1-9(2)15-8-14(20)16-11-5-3-10(4-6-11)12-7-13(19)18-17-12/h3-7,9,15H,8H2,1-2H3,(H,16,20)(H2,17,18,19). The Labute approximate surface area is 116 Å². The molecule has 2 rings (SSSR count). The monoisotopic (exact) mass is 274 g/mol. The minimum Gasteiger partial charge on any atom is -0.325 e. The van der Waals surface area contributed by atoms with E-state index in [0.29, 0.717) is 5.69 Å². The Bertz CT molecular complexity index is 625. The number of aromatic amines is 2. The molecule has 6 nitrogen and oxygen atoms in total. The molecule has 0 unspecified atom stereocenters. The molecule has 2 aromatic rings. The van der Waals surface area contributed by atoms with Crippen molar-refractivity contribution in [2.75, 3.05) is 11.9 Å². The second kappa shape index (κ2) is 6.21. The Hall–Kier alpha value is -2.34. The van der Waals surface area contributed by atoms with E-state index < -0.39 is 0 Å². The molecule has 0 spiro atoms. The molecular formula is C14H18N4O2. The van der Waals surface area contributed by atoms with E-state index in [1.165, 1.54) is 6.07 Å². The minimum atomic E-state index is -0.169. The van der Waals surface area contributed by atoms with Gasteiger partial charge in [-0.2, -0.15) is 0 Å². The first-order valence-corrected chi connectivity index (χ1v) is 6.46. The van der Waals surface area contributed by atoms with E-state index in [4.69, 9.17) is 0 Å². The zero-order chi connectivity index (χ0) is 14.5. The molecule has 1 heterocycles. The fraction of sp³-hybridized carbons (Fsp3) is 0.286. The van der Waals surface area contributed by atoms with Crippen molar-refractivity contribution in [3.63, 3.8) is 0 Å². The summed E-state index contributed by atoms with van der Waals surface area (Å²) in [5.74, 6) is -0.0819. The van der Waals surface area contributed by atoms with Gasteiger partial charge < -0.3 is 10.6 Å². The maximum Gasteiger partial charge on any atom is 0.264 e. The number of nitrogens with one attached hydrogen (secondary N) is 4. The quantitative estimate of drug-likeness (QED) is 0.662. The zero-order valence-electron chi connectivity index (χ0n) is 11.5. The largest absolute Gasteiger partial charge is 0.325 e. The number of H-pyrrole nitrogens is 2. The molecule has 1 aromatic heterocycles. The smallest absolute Gasteiger partial charge is 0.264 e. The van der Waals surface area contributed by atoms with Crippen molar-refractivity contribution in [3.8, 4) is 11.3 Å². The Morgan fingerprint density at radius 1 is 1.20 bits per heavy atom. The van der Waals surface area contributed by atoms with Gasteiger partial charge >= 0.3 is 0 Å². The molecule has 1 aromatic carbocycles. The first kappa shape index (κ1) is 14.1. The van der Waals surface area contributed by atoms with Crippen LogP contribution in [0.15, 0.2) is 35.1 Å². The Morgan fingerprint density at radius 2 is 1.90 bits per heavy atom. The van der Waals surface area contributed by atoms with Gasteiger partial charge in [0.2, 0.25) is 5.91 Å². The third kappa shape index (κ3) is 3.83. The lowest BCUT2D eigenvalue weighted by molar-refractivity contribution is -0.115. The highest BCUT2D eigenvalue weighted by Gasteiger charge is 2.04. The van der Waals surface area contributed by atoms with Crippen LogP contribution in [-0.2, 0) is 4.79 Å². The van der Waals surface area contributed by atoms with Crippen molar-refractivity contribution < 1.29 is 4.79 Å². The number of hydrogen-bond acceptors (Lipinski definition) is 3. The third-order valence-corrected chi connectivity index (χ3v) is 2.75. The maximum atomic E-state index is 11.6. The summed E-state index contributed by atoms with van der Waals surface area (Å²) < 4.78 is 0. The summed E-state index contributed by atoms with van der Waals surface area (Å²) >= 11 is 0. The van der Waals surface area contributed by atoms with Gasteiger partial charge in [-0.1, -0.05) is 26.0 Å². The number of anilines is 1. The van der Waals surface area contributed by atoms with E-state index in [2.05, 4.69) is 20.8 Å². The fourth-order valence-corrected chi connectivity index (χ4v) is 1.72. The molecule has 0 atom stereocenters. The molecule has 106 valence electrons. The molecule has 1 amide bonds. The second-order valence-corrected chi connectivity index (χ2v) is 4.83. The van der Waals surface area contributed by atoms with Crippen LogP contribution >= 0.6 is 0 Å². The molecule has 0 saturated heterocycles. The second-order valence-electron chi connectivity index (χ2n) is 4.83. The van der Waals surface area contributed by atoms with E-state index in [0.717, 1.165) is 11.3 Å². The van der Waals surface area contributed by atoms with Crippen LogP contribution in [0.2, 0.25) is 0 Å². The molecule has 4 N–H and O–H groups in total. The summed E-state index contributed by atoms with van der Waals surface area (Å²) in [6.45, 7) is 4.25. The van der Waals surface area contributed by atoms with Crippen LogP contribution in [0.5, 0.6) is 0 Å². The summed E-state index contributed by atoms with van der Waals surface area (Å²) in [6.07, 6.45) is 0. The molecule has 20 heavy (non-hydrogen) atoms. The van der Waals surface area contributed by atoms with Crippen molar-refractivity contribution >= 4 is 11.6 Å². The minimum absolute atomic E-state index is 0.0819. The Morgan fingerprint density at radius 3 is 2.45 bits per heavy atom. The molecule has 0 bridgehead atoms. The van der Waals surface area contributed by atoms with E-state index in [1.807, 2.05) is 26.0 Å². The summed E-state index contributed by atoms with van der Waals surface area (Å²) in [5, 5.41) is 11.1. The maximum absolute atomic E-state index is 11.6.